The van der Waals surface area contributed by atoms with Crippen LogP contribution in [0.15, 0.2) is 18.2 Å². The Balaban J connectivity index is 1.85. The van der Waals surface area contributed by atoms with Gasteiger partial charge < -0.3 is 4.74 Å². The molecule has 1 saturated carbocycles. The minimum atomic E-state index is -0.526. The van der Waals surface area contributed by atoms with Gasteiger partial charge in [0.1, 0.15) is 11.6 Å². The molecule has 0 aromatic heterocycles. The second-order valence-corrected chi connectivity index (χ2v) is 6.10. The fraction of sp³-hybridized carbons (Fsp3) is 0.600. The second-order valence-electron chi connectivity index (χ2n) is 5.83. The fourth-order valence-electron chi connectivity index (χ4n) is 3.24. The fourth-order valence-corrected chi connectivity index (χ4v) is 3.62. The van der Waals surface area contributed by atoms with Gasteiger partial charge in [-0.3, -0.25) is 0 Å². The molecule has 4 heteroatoms. The van der Waals surface area contributed by atoms with Crippen LogP contribution in [0.25, 0.3) is 0 Å². The van der Waals surface area contributed by atoms with Crippen LogP contribution in [0.5, 0.6) is 0 Å². The third-order valence-corrected chi connectivity index (χ3v) is 4.83. The van der Waals surface area contributed by atoms with E-state index in [-0.39, 0.29) is 11.5 Å². The van der Waals surface area contributed by atoms with Crippen molar-refractivity contribution >= 4 is 11.6 Å². The molecule has 2 unspecified atom stereocenters. The quantitative estimate of drug-likeness (QED) is 0.762. The van der Waals surface area contributed by atoms with Gasteiger partial charge in [0.2, 0.25) is 0 Å². The first kappa shape index (κ1) is 13.3. The molecule has 2 aliphatic rings. The lowest BCUT2D eigenvalue weighted by Gasteiger charge is -2.32. The average Bonchev–Trinajstić information content (AvgIpc) is 3.10. The Morgan fingerprint density at radius 2 is 1.89 bits per heavy atom. The van der Waals surface area contributed by atoms with E-state index in [4.69, 9.17) is 16.3 Å². The van der Waals surface area contributed by atoms with Crippen LogP contribution in [0.1, 0.15) is 24.8 Å². The SMILES string of the molecule is Fc1cc(F)cc(CC2(CCl)CCOC2C2CC2)c1. The van der Waals surface area contributed by atoms with Gasteiger partial charge in [0.25, 0.3) is 0 Å². The number of halogens is 3. The van der Waals surface area contributed by atoms with E-state index in [1.165, 1.54) is 25.0 Å². The van der Waals surface area contributed by atoms with Gasteiger partial charge in [-0.05, 0) is 49.3 Å². The highest BCUT2D eigenvalue weighted by Gasteiger charge is 2.50. The molecule has 0 bridgehead atoms. The Morgan fingerprint density at radius 1 is 1.21 bits per heavy atom. The van der Waals surface area contributed by atoms with Crippen molar-refractivity contribution in [3.8, 4) is 0 Å². The maximum absolute atomic E-state index is 13.3. The molecular formula is C15H17ClF2O. The molecule has 1 aromatic rings. The van der Waals surface area contributed by atoms with Crippen LogP contribution >= 0.6 is 11.6 Å². The number of hydrogen-bond acceptors (Lipinski definition) is 1. The summed E-state index contributed by atoms with van der Waals surface area (Å²) in [6.45, 7) is 0.700. The van der Waals surface area contributed by atoms with Gasteiger partial charge in [-0.2, -0.15) is 0 Å². The van der Waals surface area contributed by atoms with Gasteiger partial charge in [-0.15, -0.1) is 11.6 Å². The van der Waals surface area contributed by atoms with Crippen LogP contribution < -0.4 is 0 Å². The minimum absolute atomic E-state index is 0.149. The molecule has 1 saturated heterocycles. The topological polar surface area (TPSA) is 9.23 Å². The van der Waals surface area contributed by atoms with Crippen LogP contribution in [-0.2, 0) is 11.2 Å². The molecule has 0 N–H and O–H groups in total. The Hall–Kier alpha value is -0.670. The number of ether oxygens (including phenoxy) is 1. The first-order valence-corrected chi connectivity index (χ1v) is 7.29. The largest absolute Gasteiger partial charge is 0.377 e. The van der Waals surface area contributed by atoms with Crippen LogP contribution in [-0.4, -0.2) is 18.6 Å². The zero-order chi connectivity index (χ0) is 13.5. The number of rotatable bonds is 4. The van der Waals surface area contributed by atoms with Crippen molar-refractivity contribution in [2.75, 3.05) is 12.5 Å². The number of alkyl halides is 1. The Labute approximate surface area is 116 Å². The van der Waals surface area contributed by atoms with Crippen molar-refractivity contribution in [3.63, 3.8) is 0 Å². The highest BCUT2D eigenvalue weighted by atomic mass is 35.5. The molecule has 1 aromatic carbocycles. The zero-order valence-corrected chi connectivity index (χ0v) is 11.4. The molecular weight excluding hydrogens is 270 g/mol. The number of hydrogen-bond donors (Lipinski definition) is 0. The van der Waals surface area contributed by atoms with Gasteiger partial charge in [-0.1, -0.05) is 0 Å². The summed E-state index contributed by atoms with van der Waals surface area (Å²) in [5.74, 6) is 0.00891. The Morgan fingerprint density at radius 3 is 2.47 bits per heavy atom. The molecule has 1 nitrogen and oxygen atoms in total. The number of benzene rings is 1. The van der Waals surface area contributed by atoms with Crippen molar-refractivity contribution < 1.29 is 13.5 Å². The van der Waals surface area contributed by atoms with Gasteiger partial charge in [0, 0.05) is 24.0 Å². The lowest BCUT2D eigenvalue weighted by atomic mass is 9.75. The first-order valence-electron chi connectivity index (χ1n) is 6.75. The van der Waals surface area contributed by atoms with Crippen LogP contribution in [0.4, 0.5) is 8.78 Å². The molecule has 1 aliphatic carbocycles. The molecule has 19 heavy (non-hydrogen) atoms. The summed E-state index contributed by atoms with van der Waals surface area (Å²) >= 11 is 6.19. The first-order chi connectivity index (χ1) is 9.13. The second kappa shape index (κ2) is 5.02. The summed E-state index contributed by atoms with van der Waals surface area (Å²) < 4.78 is 32.4. The van der Waals surface area contributed by atoms with E-state index in [9.17, 15) is 8.78 Å². The van der Waals surface area contributed by atoms with Gasteiger partial charge in [-0.25, -0.2) is 8.78 Å². The highest BCUT2D eigenvalue weighted by molar-refractivity contribution is 6.18. The summed E-state index contributed by atoms with van der Waals surface area (Å²) in [5.41, 5.74) is 0.512. The van der Waals surface area contributed by atoms with Crippen molar-refractivity contribution in [1.82, 2.24) is 0 Å². The summed E-state index contributed by atoms with van der Waals surface area (Å²) in [7, 11) is 0. The predicted molar refractivity (Wildman–Crippen MR) is 70.3 cm³/mol. The van der Waals surface area contributed by atoms with Crippen molar-refractivity contribution in [2.24, 2.45) is 11.3 Å². The summed E-state index contributed by atoms with van der Waals surface area (Å²) in [5, 5.41) is 0. The van der Waals surface area contributed by atoms with Crippen molar-refractivity contribution in [1.29, 1.82) is 0 Å². The summed E-state index contributed by atoms with van der Waals surface area (Å²) in [6.07, 6.45) is 3.97. The maximum Gasteiger partial charge on any atom is 0.126 e. The lowest BCUT2D eigenvalue weighted by molar-refractivity contribution is 0.0402. The molecule has 0 amide bonds. The van der Waals surface area contributed by atoms with Crippen molar-refractivity contribution in [2.45, 2.75) is 31.8 Å². The highest BCUT2D eigenvalue weighted by Crippen LogP contribution is 2.50. The molecule has 1 heterocycles. The van der Waals surface area contributed by atoms with E-state index in [2.05, 4.69) is 0 Å². The molecule has 0 spiro atoms. The third kappa shape index (κ3) is 2.63. The normalized spacial score (nSPS) is 30.8. The predicted octanol–water partition coefficient (Wildman–Crippen LogP) is 3.93. The lowest BCUT2D eigenvalue weighted by Crippen LogP contribution is -2.36. The molecule has 2 fully saturated rings. The molecule has 0 radical (unpaired) electrons. The average molecular weight is 287 g/mol. The summed E-state index contributed by atoms with van der Waals surface area (Å²) in [6, 6.07) is 3.71. The van der Waals surface area contributed by atoms with Crippen molar-refractivity contribution in [3.05, 3.63) is 35.4 Å². The Bertz CT molecular complexity index is 455. The molecule has 104 valence electrons. The van der Waals surface area contributed by atoms with E-state index in [0.29, 0.717) is 30.4 Å². The van der Waals surface area contributed by atoms with E-state index >= 15 is 0 Å². The minimum Gasteiger partial charge on any atom is -0.377 e. The van der Waals surface area contributed by atoms with Crippen LogP contribution in [0.2, 0.25) is 0 Å². The smallest absolute Gasteiger partial charge is 0.126 e. The molecule has 1 aliphatic heterocycles. The molecule has 2 atom stereocenters. The van der Waals surface area contributed by atoms with E-state index in [1.807, 2.05) is 0 Å². The van der Waals surface area contributed by atoms with Crippen LogP contribution in [0.3, 0.4) is 0 Å². The van der Waals surface area contributed by atoms with E-state index < -0.39 is 11.6 Å². The molecule has 3 rings (SSSR count). The monoisotopic (exact) mass is 286 g/mol. The van der Waals surface area contributed by atoms with Crippen LogP contribution in [0, 0.1) is 23.0 Å². The van der Waals surface area contributed by atoms with E-state index in [1.54, 1.807) is 0 Å². The van der Waals surface area contributed by atoms with Gasteiger partial charge in [0.05, 0.1) is 6.10 Å². The van der Waals surface area contributed by atoms with E-state index in [0.717, 1.165) is 12.5 Å². The maximum atomic E-state index is 13.3. The third-order valence-electron chi connectivity index (χ3n) is 4.30. The standard InChI is InChI=1S/C15H17ClF2O/c16-9-15(3-4-19-14(15)11-1-2-11)8-10-5-12(17)7-13(18)6-10/h5-7,11,14H,1-4,8-9H2. The summed E-state index contributed by atoms with van der Waals surface area (Å²) in [4.78, 5) is 0. The van der Waals surface area contributed by atoms with Gasteiger partial charge in [0.15, 0.2) is 0 Å². The van der Waals surface area contributed by atoms with Gasteiger partial charge >= 0.3 is 0 Å². The zero-order valence-electron chi connectivity index (χ0n) is 10.7. The Kier molecular flexibility index (Phi) is 3.52.